The number of para-hydroxylation sites is 1. The van der Waals surface area contributed by atoms with E-state index in [0.29, 0.717) is 5.95 Å². The first kappa shape index (κ1) is 21.2. The predicted molar refractivity (Wildman–Crippen MR) is 140 cm³/mol. The second-order valence-corrected chi connectivity index (χ2v) is 9.47. The Morgan fingerprint density at radius 3 is 1.97 bits per heavy atom. The minimum atomic E-state index is 0.634. The van der Waals surface area contributed by atoms with Gasteiger partial charge in [-0.1, -0.05) is 18.2 Å². The molecule has 1 N–H and O–H groups in total. The van der Waals surface area contributed by atoms with E-state index in [1.807, 2.05) is 0 Å². The fraction of sp³-hybridized carbons (Fsp3) is 0.444. The van der Waals surface area contributed by atoms with Crippen LogP contribution < -0.4 is 15.1 Å². The molecule has 7 heteroatoms. The quantitative estimate of drug-likeness (QED) is 0.415. The highest BCUT2D eigenvalue weighted by Crippen LogP contribution is 2.32. The largest absolute Gasteiger partial charge is 0.341 e. The van der Waals surface area contributed by atoms with Crippen LogP contribution in [0.15, 0.2) is 42.5 Å². The molecule has 2 aromatic heterocycles. The van der Waals surface area contributed by atoms with Gasteiger partial charge in [0.1, 0.15) is 0 Å². The van der Waals surface area contributed by atoms with Gasteiger partial charge in [0, 0.05) is 60.2 Å². The first-order chi connectivity index (χ1) is 16.8. The summed E-state index contributed by atoms with van der Waals surface area (Å²) < 4.78 is 2.38. The summed E-state index contributed by atoms with van der Waals surface area (Å²) in [6, 6.07) is 15.2. The number of fused-ring (bicyclic) bond motifs is 3. The SMILES string of the molecule is CCn1c2ccccc2c2cc(Nc3nc(N4CCCCC4)nc(N4CCCCC4)n3)ccc21. The molecule has 0 atom stereocenters. The van der Waals surface area contributed by atoms with E-state index in [9.17, 15) is 0 Å². The van der Waals surface area contributed by atoms with Crippen molar-refractivity contribution in [1.29, 1.82) is 0 Å². The molecular weight excluding hydrogens is 422 g/mol. The summed E-state index contributed by atoms with van der Waals surface area (Å²) in [5.74, 6) is 2.25. The van der Waals surface area contributed by atoms with Crippen LogP contribution in [0.25, 0.3) is 21.8 Å². The van der Waals surface area contributed by atoms with Crippen LogP contribution in [-0.2, 0) is 6.54 Å². The van der Waals surface area contributed by atoms with Crippen LogP contribution in [0.2, 0.25) is 0 Å². The lowest BCUT2D eigenvalue weighted by Crippen LogP contribution is -2.34. The van der Waals surface area contributed by atoms with E-state index in [1.165, 1.54) is 60.3 Å². The Morgan fingerprint density at radius 2 is 1.32 bits per heavy atom. The third-order valence-corrected chi connectivity index (χ3v) is 7.23. The highest BCUT2D eigenvalue weighted by molar-refractivity contribution is 6.09. The molecule has 0 amide bonds. The van der Waals surface area contributed by atoms with Crippen molar-refractivity contribution in [3.05, 3.63) is 42.5 Å². The fourth-order valence-corrected chi connectivity index (χ4v) is 5.48. The van der Waals surface area contributed by atoms with Gasteiger partial charge in [-0.2, -0.15) is 15.0 Å². The normalized spacial score (nSPS) is 17.0. The van der Waals surface area contributed by atoms with E-state index < -0.39 is 0 Å². The molecule has 34 heavy (non-hydrogen) atoms. The van der Waals surface area contributed by atoms with Crippen LogP contribution in [0.1, 0.15) is 45.4 Å². The lowest BCUT2D eigenvalue weighted by atomic mass is 10.1. The summed E-state index contributed by atoms with van der Waals surface area (Å²) in [6.45, 7) is 7.23. The lowest BCUT2D eigenvalue weighted by Gasteiger charge is -2.30. The molecule has 4 aromatic rings. The Labute approximate surface area is 200 Å². The van der Waals surface area contributed by atoms with E-state index in [0.717, 1.165) is 50.3 Å². The third-order valence-electron chi connectivity index (χ3n) is 7.23. The van der Waals surface area contributed by atoms with Crippen LogP contribution in [-0.4, -0.2) is 45.7 Å². The number of benzene rings is 2. The summed E-state index contributed by atoms with van der Waals surface area (Å²) in [5.41, 5.74) is 3.54. The molecule has 7 nitrogen and oxygen atoms in total. The molecule has 0 aliphatic carbocycles. The number of rotatable bonds is 5. The number of aryl methyl sites for hydroxylation is 1. The average molecular weight is 456 g/mol. The van der Waals surface area contributed by atoms with Gasteiger partial charge in [-0.3, -0.25) is 0 Å². The Bertz CT molecular complexity index is 1260. The summed E-state index contributed by atoms with van der Waals surface area (Å²) >= 11 is 0. The van der Waals surface area contributed by atoms with Crippen molar-refractivity contribution < 1.29 is 0 Å². The highest BCUT2D eigenvalue weighted by Gasteiger charge is 2.20. The maximum Gasteiger partial charge on any atom is 0.233 e. The Kier molecular flexibility index (Phi) is 5.69. The van der Waals surface area contributed by atoms with Gasteiger partial charge in [-0.25, -0.2) is 0 Å². The van der Waals surface area contributed by atoms with Crippen molar-refractivity contribution in [2.75, 3.05) is 41.3 Å². The fourth-order valence-electron chi connectivity index (χ4n) is 5.48. The van der Waals surface area contributed by atoms with Crippen LogP contribution in [0, 0.1) is 0 Å². The molecule has 4 heterocycles. The van der Waals surface area contributed by atoms with Crippen LogP contribution in [0.5, 0.6) is 0 Å². The van der Waals surface area contributed by atoms with Gasteiger partial charge in [-0.05, 0) is 69.7 Å². The van der Waals surface area contributed by atoms with Crippen molar-refractivity contribution in [3.8, 4) is 0 Å². The number of hydrogen-bond donors (Lipinski definition) is 1. The van der Waals surface area contributed by atoms with Crippen LogP contribution >= 0.6 is 0 Å². The first-order valence-corrected chi connectivity index (χ1v) is 12.8. The van der Waals surface area contributed by atoms with Crippen molar-refractivity contribution >= 4 is 45.3 Å². The van der Waals surface area contributed by atoms with Crippen molar-refractivity contribution in [1.82, 2.24) is 19.5 Å². The molecule has 2 fully saturated rings. The molecule has 2 saturated heterocycles. The average Bonchev–Trinajstić information content (AvgIpc) is 3.22. The van der Waals surface area contributed by atoms with Crippen LogP contribution in [0.3, 0.4) is 0 Å². The number of piperidine rings is 2. The van der Waals surface area contributed by atoms with Gasteiger partial charge in [0.25, 0.3) is 0 Å². The molecule has 176 valence electrons. The second kappa shape index (κ2) is 9.12. The maximum atomic E-state index is 4.91. The van der Waals surface area contributed by atoms with Gasteiger partial charge in [0.15, 0.2) is 0 Å². The van der Waals surface area contributed by atoms with Crippen molar-refractivity contribution in [3.63, 3.8) is 0 Å². The topological polar surface area (TPSA) is 62.1 Å². The Balaban J connectivity index is 1.38. The molecule has 2 aliphatic heterocycles. The second-order valence-electron chi connectivity index (χ2n) is 9.47. The zero-order valence-corrected chi connectivity index (χ0v) is 20.0. The van der Waals surface area contributed by atoms with Gasteiger partial charge < -0.3 is 19.7 Å². The molecular formula is C27H33N7. The van der Waals surface area contributed by atoms with E-state index >= 15 is 0 Å². The first-order valence-electron chi connectivity index (χ1n) is 12.8. The summed E-state index contributed by atoms with van der Waals surface area (Å²) in [7, 11) is 0. The van der Waals surface area contributed by atoms with Crippen molar-refractivity contribution in [2.24, 2.45) is 0 Å². The molecule has 0 radical (unpaired) electrons. The standard InChI is InChI=1S/C27H33N7/c1-2-34-23-12-6-5-11-21(23)22-19-20(13-14-24(22)34)28-25-29-26(32-15-7-3-8-16-32)31-27(30-25)33-17-9-4-10-18-33/h5-6,11-14,19H,2-4,7-10,15-18H2,1H3,(H,28,29,30,31). The lowest BCUT2D eigenvalue weighted by molar-refractivity contribution is 0.556. The zero-order valence-electron chi connectivity index (χ0n) is 20.0. The molecule has 2 aliphatic rings. The van der Waals surface area contributed by atoms with Gasteiger partial charge in [0.05, 0.1) is 0 Å². The monoisotopic (exact) mass is 455 g/mol. The molecule has 0 bridgehead atoms. The number of aromatic nitrogens is 4. The van der Waals surface area contributed by atoms with E-state index in [1.54, 1.807) is 0 Å². The number of hydrogen-bond acceptors (Lipinski definition) is 6. The molecule has 0 unspecified atom stereocenters. The maximum absolute atomic E-state index is 4.91. The smallest absolute Gasteiger partial charge is 0.233 e. The van der Waals surface area contributed by atoms with Crippen molar-refractivity contribution in [2.45, 2.75) is 52.0 Å². The van der Waals surface area contributed by atoms with Gasteiger partial charge >= 0.3 is 0 Å². The highest BCUT2D eigenvalue weighted by atomic mass is 15.4. The number of anilines is 4. The Hall–Kier alpha value is -3.35. The minimum Gasteiger partial charge on any atom is -0.341 e. The zero-order chi connectivity index (χ0) is 22.9. The van der Waals surface area contributed by atoms with Gasteiger partial charge in [0.2, 0.25) is 17.8 Å². The van der Waals surface area contributed by atoms with Gasteiger partial charge in [-0.15, -0.1) is 0 Å². The van der Waals surface area contributed by atoms with E-state index in [2.05, 4.69) is 69.1 Å². The Morgan fingerprint density at radius 1 is 0.706 bits per heavy atom. The summed E-state index contributed by atoms with van der Waals surface area (Å²) in [4.78, 5) is 19.3. The molecule has 6 rings (SSSR count). The third kappa shape index (κ3) is 3.93. The minimum absolute atomic E-state index is 0.634. The summed E-state index contributed by atoms with van der Waals surface area (Å²) in [6.07, 6.45) is 7.38. The molecule has 0 spiro atoms. The predicted octanol–water partition coefficient (Wildman–Crippen LogP) is 5.72. The number of nitrogens with one attached hydrogen (secondary N) is 1. The number of nitrogens with zero attached hydrogens (tertiary/aromatic N) is 6. The van der Waals surface area contributed by atoms with Crippen LogP contribution in [0.4, 0.5) is 23.5 Å². The summed E-state index contributed by atoms with van der Waals surface area (Å²) in [5, 5.41) is 6.06. The van der Waals surface area contributed by atoms with E-state index in [-0.39, 0.29) is 0 Å². The molecule has 0 saturated carbocycles. The molecule has 2 aromatic carbocycles. The van der Waals surface area contributed by atoms with E-state index in [4.69, 9.17) is 15.0 Å².